The van der Waals surface area contributed by atoms with E-state index in [0.717, 1.165) is 0 Å². The highest BCUT2D eigenvalue weighted by Gasteiger charge is 2.34. The molecule has 0 fully saturated rings. The summed E-state index contributed by atoms with van der Waals surface area (Å²) in [6.07, 6.45) is 0. The number of imidazole rings is 1. The van der Waals surface area contributed by atoms with E-state index in [2.05, 4.69) is 4.98 Å². The van der Waals surface area contributed by atoms with Gasteiger partial charge in [0.1, 0.15) is 17.2 Å². The lowest BCUT2D eigenvalue weighted by Gasteiger charge is -2.14. The molecule has 2 N–H and O–H groups in total. The van der Waals surface area contributed by atoms with Gasteiger partial charge in [-0.15, -0.1) is 0 Å². The fourth-order valence-corrected chi connectivity index (χ4v) is 3.11. The van der Waals surface area contributed by atoms with Gasteiger partial charge >= 0.3 is 7.12 Å². The minimum absolute atomic E-state index is 0.146. The lowest BCUT2D eigenvalue weighted by Crippen LogP contribution is -2.29. The Morgan fingerprint density at radius 1 is 0.920 bits per heavy atom. The third-order valence-electron chi connectivity index (χ3n) is 4.41. The first-order valence-corrected chi connectivity index (χ1v) is 7.70. The zero-order chi connectivity index (χ0) is 17.7. The second-order valence-corrected chi connectivity index (χ2v) is 5.89. The molecule has 1 aliphatic rings. The van der Waals surface area contributed by atoms with Crippen molar-refractivity contribution >= 4 is 24.1 Å². The molecule has 0 aliphatic heterocycles. The molecule has 0 bridgehead atoms. The highest BCUT2D eigenvalue weighted by molar-refractivity contribution is 6.58. The Morgan fingerprint density at radius 2 is 1.52 bits per heavy atom. The molecular formula is C18H13BN2O4. The number of carbonyl (C=O) groups excluding carboxylic acids is 2. The molecular weight excluding hydrogens is 319 g/mol. The fraction of sp³-hybridized carbons (Fsp3) is 0.0556. The summed E-state index contributed by atoms with van der Waals surface area (Å²) in [7, 11) is 0.135. The molecule has 122 valence electrons. The first kappa shape index (κ1) is 15.5. The molecule has 6 nitrogen and oxygen atoms in total. The molecule has 1 aromatic heterocycles. The zero-order valence-corrected chi connectivity index (χ0v) is 13.3. The molecule has 1 heterocycles. The number of ketones is 2. The third kappa shape index (κ3) is 2.25. The van der Waals surface area contributed by atoms with Gasteiger partial charge in [0, 0.05) is 23.7 Å². The summed E-state index contributed by atoms with van der Waals surface area (Å²) in [6, 6.07) is 13.2. The Bertz CT molecular complexity index is 1020. The average Bonchev–Trinajstić information content (AvgIpc) is 2.97. The largest absolute Gasteiger partial charge is 0.488 e. The van der Waals surface area contributed by atoms with Crippen molar-refractivity contribution in [3.8, 4) is 11.4 Å². The molecule has 7 heteroatoms. The molecule has 0 amide bonds. The SMILES string of the molecule is Cn1c(-c2ccc(B(O)O)cc2)nc2c1C(=O)c1ccccc1C2=O. The van der Waals surface area contributed by atoms with E-state index in [4.69, 9.17) is 0 Å². The lowest BCUT2D eigenvalue weighted by atomic mass is 9.80. The molecule has 2 aromatic carbocycles. The van der Waals surface area contributed by atoms with Crippen LogP contribution in [0.1, 0.15) is 32.1 Å². The van der Waals surface area contributed by atoms with Crippen molar-refractivity contribution in [2.24, 2.45) is 7.05 Å². The van der Waals surface area contributed by atoms with E-state index in [9.17, 15) is 19.6 Å². The maximum atomic E-state index is 12.8. The van der Waals surface area contributed by atoms with Crippen molar-refractivity contribution in [3.63, 3.8) is 0 Å². The molecule has 0 spiro atoms. The van der Waals surface area contributed by atoms with Crippen LogP contribution in [-0.2, 0) is 7.05 Å². The van der Waals surface area contributed by atoms with E-state index >= 15 is 0 Å². The van der Waals surface area contributed by atoms with Gasteiger partial charge in [-0.05, 0) is 5.46 Å². The number of aromatic nitrogens is 2. The number of benzene rings is 2. The molecule has 0 saturated heterocycles. The van der Waals surface area contributed by atoms with Crippen LogP contribution in [0, 0.1) is 0 Å². The highest BCUT2D eigenvalue weighted by atomic mass is 16.4. The molecule has 0 unspecified atom stereocenters. The third-order valence-corrected chi connectivity index (χ3v) is 4.41. The van der Waals surface area contributed by atoms with E-state index in [-0.39, 0.29) is 23.0 Å². The number of rotatable bonds is 2. The van der Waals surface area contributed by atoms with Crippen molar-refractivity contribution in [1.82, 2.24) is 9.55 Å². The second-order valence-electron chi connectivity index (χ2n) is 5.89. The quantitative estimate of drug-likeness (QED) is 0.523. The van der Waals surface area contributed by atoms with Gasteiger partial charge in [-0.25, -0.2) is 4.98 Å². The predicted molar refractivity (Wildman–Crippen MR) is 91.8 cm³/mol. The average molecular weight is 332 g/mol. The van der Waals surface area contributed by atoms with Gasteiger partial charge < -0.3 is 14.6 Å². The summed E-state index contributed by atoms with van der Waals surface area (Å²) in [5, 5.41) is 18.4. The smallest absolute Gasteiger partial charge is 0.423 e. The Morgan fingerprint density at radius 3 is 2.12 bits per heavy atom. The topological polar surface area (TPSA) is 92.4 Å². The normalized spacial score (nSPS) is 12.8. The highest BCUT2D eigenvalue weighted by Crippen LogP contribution is 2.30. The molecule has 4 rings (SSSR count). The summed E-state index contributed by atoms with van der Waals surface area (Å²) in [5.74, 6) is -0.0261. The van der Waals surface area contributed by atoms with E-state index in [1.807, 2.05) is 0 Å². The summed E-state index contributed by atoms with van der Waals surface area (Å²) in [6.45, 7) is 0. The molecule has 0 atom stereocenters. The van der Waals surface area contributed by atoms with Gasteiger partial charge in [-0.3, -0.25) is 9.59 Å². The van der Waals surface area contributed by atoms with Gasteiger partial charge in [0.2, 0.25) is 11.6 Å². The van der Waals surface area contributed by atoms with Crippen LogP contribution in [0.15, 0.2) is 48.5 Å². The van der Waals surface area contributed by atoms with Gasteiger partial charge in [0.15, 0.2) is 0 Å². The molecule has 0 saturated carbocycles. The van der Waals surface area contributed by atoms with Gasteiger partial charge in [-0.1, -0.05) is 48.5 Å². The summed E-state index contributed by atoms with van der Waals surface area (Å²) >= 11 is 0. The number of hydrogen-bond donors (Lipinski definition) is 2. The van der Waals surface area contributed by atoms with Crippen LogP contribution >= 0.6 is 0 Å². The van der Waals surface area contributed by atoms with Gasteiger partial charge in [0.25, 0.3) is 0 Å². The number of fused-ring (bicyclic) bond motifs is 2. The van der Waals surface area contributed by atoms with Crippen LogP contribution in [0.3, 0.4) is 0 Å². The van der Waals surface area contributed by atoms with Crippen molar-refractivity contribution in [2.75, 3.05) is 0 Å². The van der Waals surface area contributed by atoms with Gasteiger partial charge in [-0.2, -0.15) is 0 Å². The minimum atomic E-state index is -1.55. The van der Waals surface area contributed by atoms with E-state index < -0.39 is 7.12 Å². The van der Waals surface area contributed by atoms with Crippen molar-refractivity contribution in [3.05, 3.63) is 71.0 Å². The maximum absolute atomic E-state index is 12.8. The van der Waals surface area contributed by atoms with E-state index in [1.54, 1.807) is 60.1 Å². The lowest BCUT2D eigenvalue weighted by molar-refractivity contribution is 0.0971. The Kier molecular flexibility index (Phi) is 3.42. The van der Waals surface area contributed by atoms with E-state index in [1.165, 1.54) is 0 Å². The second kappa shape index (κ2) is 5.51. The van der Waals surface area contributed by atoms with Crippen molar-refractivity contribution < 1.29 is 19.6 Å². The Balaban J connectivity index is 1.87. The Hall–Kier alpha value is -3.03. The number of nitrogens with zero attached hydrogens (tertiary/aromatic N) is 2. The first-order chi connectivity index (χ1) is 12.0. The minimum Gasteiger partial charge on any atom is -0.423 e. The van der Waals surface area contributed by atoms with Gasteiger partial charge in [0.05, 0.1) is 0 Å². The first-order valence-electron chi connectivity index (χ1n) is 7.70. The van der Waals surface area contributed by atoms with Crippen LogP contribution in [0.5, 0.6) is 0 Å². The predicted octanol–water partition coefficient (Wildman–Crippen LogP) is 0.542. The molecule has 25 heavy (non-hydrogen) atoms. The van der Waals surface area contributed by atoms with Crippen LogP contribution in [0.4, 0.5) is 0 Å². The molecule has 0 radical (unpaired) electrons. The summed E-state index contributed by atoms with van der Waals surface area (Å²) in [4.78, 5) is 29.9. The van der Waals surface area contributed by atoms with Crippen LogP contribution in [0.25, 0.3) is 11.4 Å². The van der Waals surface area contributed by atoms with Crippen LogP contribution in [-0.4, -0.2) is 38.3 Å². The Labute approximate surface area is 143 Å². The van der Waals surface area contributed by atoms with Crippen LogP contribution in [0.2, 0.25) is 0 Å². The van der Waals surface area contributed by atoms with E-state index in [0.29, 0.717) is 28.0 Å². The number of hydrogen-bond acceptors (Lipinski definition) is 5. The van der Waals surface area contributed by atoms with Crippen LogP contribution < -0.4 is 5.46 Å². The maximum Gasteiger partial charge on any atom is 0.488 e. The summed E-state index contributed by atoms with van der Waals surface area (Å²) in [5.41, 5.74) is 2.18. The monoisotopic (exact) mass is 332 g/mol. The number of carbonyl (C=O) groups is 2. The standard InChI is InChI=1S/C18H13BN2O4/c1-21-15-14(16(22)12-4-2-3-5-13(12)17(15)23)20-18(21)10-6-8-11(9-7-10)19(24)25/h2-9,24-25H,1H3. The molecule has 3 aromatic rings. The zero-order valence-electron chi connectivity index (χ0n) is 13.3. The van der Waals surface area contributed by atoms with Crippen molar-refractivity contribution in [2.45, 2.75) is 0 Å². The van der Waals surface area contributed by atoms with Crippen molar-refractivity contribution in [1.29, 1.82) is 0 Å². The summed E-state index contributed by atoms with van der Waals surface area (Å²) < 4.78 is 1.61. The fourth-order valence-electron chi connectivity index (χ4n) is 3.11. The molecule has 1 aliphatic carbocycles.